The summed E-state index contributed by atoms with van der Waals surface area (Å²) in [7, 11) is -1.35. The summed E-state index contributed by atoms with van der Waals surface area (Å²) in [6.45, 7) is 13.7. The number of hydrogen-bond acceptors (Lipinski definition) is 3. The Bertz CT molecular complexity index is 544. The van der Waals surface area contributed by atoms with E-state index in [4.69, 9.17) is 9.78 Å². The molecular weight excluding hydrogens is 316 g/mol. The first-order valence-electron chi connectivity index (χ1n) is 8.91. The molecule has 1 fully saturated rings. The van der Waals surface area contributed by atoms with E-state index in [0.717, 1.165) is 31.8 Å². The molecule has 0 aliphatic heterocycles. The third kappa shape index (κ3) is 5.18. The van der Waals surface area contributed by atoms with E-state index in [2.05, 4.69) is 40.4 Å². The molecule has 133 valence electrons. The highest BCUT2D eigenvalue weighted by atomic mass is 28.3. The lowest BCUT2D eigenvalue weighted by Gasteiger charge is -2.35. The summed E-state index contributed by atoms with van der Waals surface area (Å²) < 4.78 is 0. The largest absolute Gasteiger partial charge is 0.373 e. The third-order valence-electron chi connectivity index (χ3n) is 4.99. The zero-order chi connectivity index (χ0) is 18.0. The Labute approximate surface area is 147 Å². The summed E-state index contributed by atoms with van der Waals surface area (Å²) in [4.78, 5) is 22.5. The molecule has 1 aromatic rings. The van der Waals surface area contributed by atoms with Gasteiger partial charge in [-0.1, -0.05) is 57.7 Å². The first-order valence-corrected chi connectivity index (χ1v) is 12.4. The Balaban J connectivity index is 1.82. The molecule has 1 aliphatic carbocycles. The molecule has 2 rings (SSSR count). The SMILES string of the molecule is CC(C)(C)C1CC[C](OOC(=O)c2ccc([Si](C)(C)C)cc2)CC1. The van der Waals surface area contributed by atoms with Crippen molar-refractivity contribution in [3.8, 4) is 0 Å². The van der Waals surface area contributed by atoms with E-state index in [-0.39, 0.29) is 0 Å². The van der Waals surface area contributed by atoms with E-state index < -0.39 is 14.0 Å². The van der Waals surface area contributed by atoms with E-state index in [1.54, 1.807) is 0 Å². The fourth-order valence-corrected chi connectivity index (χ4v) is 4.31. The molecule has 1 saturated carbocycles. The molecule has 24 heavy (non-hydrogen) atoms. The maximum Gasteiger partial charge on any atom is 0.373 e. The Morgan fingerprint density at radius 2 is 1.58 bits per heavy atom. The second kappa shape index (κ2) is 7.40. The maximum absolute atomic E-state index is 12.1. The van der Waals surface area contributed by atoms with Crippen LogP contribution in [0.3, 0.4) is 0 Å². The topological polar surface area (TPSA) is 35.5 Å². The van der Waals surface area contributed by atoms with Crippen molar-refractivity contribution in [1.82, 2.24) is 0 Å². The van der Waals surface area contributed by atoms with Crippen molar-refractivity contribution in [1.29, 1.82) is 0 Å². The molecule has 0 aromatic heterocycles. The quantitative estimate of drug-likeness (QED) is 0.432. The number of carbonyl (C=O) groups is 1. The van der Waals surface area contributed by atoms with Crippen LogP contribution in [0, 0.1) is 17.4 Å². The Morgan fingerprint density at radius 3 is 2.04 bits per heavy atom. The van der Waals surface area contributed by atoms with Crippen LogP contribution < -0.4 is 5.19 Å². The zero-order valence-electron chi connectivity index (χ0n) is 15.9. The van der Waals surface area contributed by atoms with Gasteiger partial charge < -0.3 is 0 Å². The van der Waals surface area contributed by atoms with Crippen LogP contribution in [0.1, 0.15) is 56.8 Å². The molecule has 0 amide bonds. The van der Waals surface area contributed by atoms with Crippen molar-refractivity contribution >= 4 is 19.2 Å². The first-order chi connectivity index (χ1) is 11.1. The summed E-state index contributed by atoms with van der Waals surface area (Å²) in [6.07, 6.45) is 4.85. The van der Waals surface area contributed by atoms with Crippen LogP contribution in [-0.2, 0) is 9.78 Å². The van der Waals surface area contributed by atoms with Gasteiger partial charge in [0.2, 0.25) is 0 Å². The summed E-state index contributed by atoms with van der Waals surface area (Å²) in [5, 5.41) is 1.33. The predicted molar refractivity (Wildman–Crippen MR) is 101 cm³/mol. The van der Waals surface area contributed by atoms with E-state index in [9.17, 15) is 4.79 Å². The Hall–Kier alpha value is -1.13. The van der Waals surface area contributed by atoms with Gasteiger partial charge >= 0.3 is 5.97 Å². The summed E-state index contributed by atoms with van der Waals surface area (Å²) in [6, 6.07) is 7.73. The lowest BCUT2D eigenvalue weighted by atomic mass is 9.72. The fraction of sp³-hybridized carbons (Fsp3) is 0.600. The van der Waals surface area contributed by atoms with E-state index in [0.29, 0.717) is 16.9 Å². The van der Waals surface area contributed by atoms with Gasteiger partial charge in [-0.25, -0.2) is 4.79 Å². The second-order valence-electron chi connectivity index (χ2n) is 8.96. The molecule has 3 nitrogen and oxygen atoms in total. The van der Waals surface area contributed by atoms with E-state index in [1.165, 1.54) is 5.19 Å². The average molecular weight is 348 g/mol. The van der Waals surface area contributed by atoms with Crippen molar-refractivity contribution < 1.29 is 14.6 Å². The lowest BCUT2D eigenvalue weighted by Crippen LogP contribution is -2.37. The minimum atomic E-state index is -1.35. The lowest BCUT2D eigenvalue weighted by molar-refractivity contribution is -0.241. The number of carbonyl (C=O) groups excluding carboxylic acids is 1. The minimum absolute atomic E-state index is 0.334. The number of rotatable bonds is 4. The van der Waals surface area contributed by atoms with Crippen LogP contribution in [-0.4, -0.2) is 14.0 Å². The average Bonchev–Trinajstić information content (AvgIpc) is 2.51. The van der Waals surface area contributed by atoms with Crippen LogP contribution in [0.2, 0.25) is 19.6 Å². The molecule has 0 bridgehead atoms. The molecule has 1 aliphatic rings. The van der Waals surface area contributed by atoms with Crippen LogP contribution in [0.5, 0.6) is 0 Å². The Morgan fingerprint density at radius 1 is 1.04 bits per heavy atom. The number of hydrogen-bond donors (Lipinski definition) is 0. The monoisotopic (exact) mass is 347 g/mol. The van der Waals surface area contributed by atoms with Gasteiger partial charge in [-0.05, 0) is 49.1 Å². The van der Waals surface area contributed by atoms with Crippen molar-refractivity contribution in [2.75, 3.05) is 0 Å². The fourth-order valence-electron chi connectivity index (χ4n) is 3.14. The van der Waals surface area contributed by atoms with Gasteiger partial charge in [-0.2, -0.15) is 4.89 Å². The molecule has 0 N–H and O–H groups in total. The molecule has 1 radical (unpaired) electrons. The molecular formula is C20H31O3Si. The van der Waals surface area contributed by atoms with E-state index >= 15 is 0 Å². The molecule has 0 spiro atoms. The minimum Gasteiger partial charge on any atom is -0.292 e. The number of benzene rings is 1. The van der Waals surface area contributed by atoms with Crippen LogP contribution >= 0.6 is 0 Å². The molecule has 0 atom stereocenters. The first kappa shape index (κ1) is 19.2. The normalized spacial score (nSPS) is 17.8. The van der Waals surface area contributed by atoms with Gasteiger partial charge in [0.05, 0.1) is 13.6 Å². The molecule has 1 aromatic carbocycles. The third-order valence-corrected chi connectivity index (χ3v) is 7.06. The van der Waals surface area contributed by atoms with Crippen molar-refractivity contribution in [3.63, 3.8) is 0 Å². The van der Waals surface area contributed by atoms with Crippen LogP contribution in [0.25, 0.3) is 0 Å². The highest BCUT2D eigenvalue weighted by Crippen LogP contribution is 2.40. The molecule has 0 saturated heterocycles. The van der Waals surface area contributed by atoms with Gasteiger partial charge in [-0.3, -0.25) is 4.89 Å². The smallest absolute Gasteiger partial charge is 0.292 e. The van der Waals surface area contributed by atoms with Crippen LogP contribution in [0.4, 0.5) is 0 Å². The van der Waals surface area contributed by atoms with Gasteiger partial charge in [0, 0.05) is 0 Å². The van der Waals surface area contributed by atoms with Crippen molar-refractivity contribution in [2.24, 2.45) is 11.3 Å². The molecule has 0 heterocycles. The van der Waals surface area contributed by atoms with Crippen molar-refractivity contribution in [2.45, 2.75) is 66.1 Å². The molecule has 0 unspecified atom stereocenters. The van der Waals surface area contributed by atoms with Gasteiger partial charge in [0.15, 0.2) is 0 Å². The van der Waals surface area contributed by atoms with Crippen molar-refractivity contribution in [3.05, 3.63) is 35.9 Å². The maximum atomic E-state index is 12.1. The van der Waals surface area contributed by atoms with E-state index in [1.807, 2.05) is 24.3 Å². The highest BCUT2D eigenvalue weighted by molar-refractivity contribution is 6.88. The summed E-state index contributed by atoms with van der Waals surface area (Å²) in [5.74, 6) is 0.289. The van der Waals surface area contributed by atoms with Crippen LogP contribution in [0.15, 0.2) is 24.3 Å². The highest BCUT2D eigenvalue weighted by Gasteiger charge is 2.31. The zero-order valence-corrected chi connectivity index (χ0v) is 16.9. The Kier molecular flexibility index (Phi) is 5.92. The summed E-state index contributed by atoms with van der Waals surface area (Å²) >= 11 is 0. The van der Waals surface area contributed by atoms with Gasteiger partial charge in [0.1, 0.15) is 6.10 Å². The second-order valence-corrected chi connectivity index (χ2v) is 14.0. The van der Waals surface area contributed by atoms with Gasteiger partial charge in [0.25, 0.3) is 0 Å². The summed E-state index contributed by atoms with van der Waals surface area (Å²) in [5.41, 5.74) is 0.876. The standard InChI is InChI=1S/C20H31O3Si/c1-20(2,3)16-9-11-17(12-10-16)22-23-19(21)15-7-13-18(14-8-15)24(4,5)6/h7-8,13-14,16H,9-12H2,1-6H3. The van der Waals surface area contributed by atoms with Gasteiger partial charge in [-0.15, -0.1) is 0 Å². The predicted octanol–water partition coefficient (Wildman–Crippen LogP) is 5.09. The molecule has 4 heteroatoms.